The second kappa shape index (κ2) is 9.73. The number of nitrogens with one attached hydrogen (secondary N) is 1. The van der Waals surface area contributed by atoms with Gasteiger partial charge in [0.05, 0.1) is 11.4 Å². The lowest BCUT2D eigenvalue weighted by Crippen LogP contribution is -2.45. The molecule has 40 heavy (non-hydrogen) atoms. The lowest BCUT2D eigenvalue weighted by Gasteiger charge is -2.37. The largest absolute Gasteiger partial charge is 0.382 e. The van der Waals surface area contributed by atoms with E-state index in [2.05, 4.69) is 27.1 Å². The fourth-order valence-electron chi connectivity index (χ4n) is 5.93. The Balaban J connectivity index is 1.16. The lowest BCUT2D eigenvalue weighted by atomic mass is 9.89. The molecular weight excluding hydrogens is 502 g/mol. The zero-order valence-corrected chi connectivity index (χ0v) is 22.6. The molecule has 0 radical (unpaired) electrons. The van der Waals surface area contributed by atoms with Crippen LogP contribution in [0.15, 0.2) is 54.9 Å². The second-order valence-corrected chi connectivity index (χ2v) is 11.5. The molecule has 1 aliphatic heterocycles. The van der Waals surface area contributed by atoms with Crippen molar-refractivity contribution >= 4 is 34.4 Å². The summed E-state index contributed by atoms with van der Waals surface area (Å²) in [5, 5.41) is 8.92. The fourth-order valence-corrected chi connectivity index (χ4v) is 5.93. The normalized spacial score (nSPS) is 21.0. The number of hydrogen-bond acceptors (Lipinski definition) is 6. The summed E-state index contributed by atoms with van der Waals surface area (Å²) in [6.07, 6.45) is 9.76. The van der Waals surface area contributed by atoms with E-state index in [1.807, 2.05) is 35.0 Å². The van der Waals surface area contributed by atoms with Gasteiger partial charge in [-0.3, -0.25) is 9.59 Å². The van der Waals surface area contributed by atoms with Crippen LogP contribution in [-0.2, 0) is 4.79 Å². The van der Waals surface area contributed by atoms with Crippen LogP contribution in [-0.4, -0.2) is 49.0 Å². The van der Waals surface area contributed by atoms with E-state index >= 15 is 0 Å². The molecule has 0 spiro atoms. The number of fused-ring (bicyclic) bond motifs is 1. The summed E-state index contributed by atoms with van der Waals surface area (Å²) in [5.41, 5.74) is 10.6. The number of rotatable bonds is 6. The van der Waals surface area contributed by atoms with Gasteiger partial charge in [-0.1, -0.05) is 0 Å². The molecule has 2 aliphatic carbocycles. The van der Waals surface area contributed by atoms with Crippen LogP contribution in [0.25, 0.3) is 16.6 Å². The molecule has 204 valence electrons. The quantitative estimate of drug-likeness (QED) is 0.357. The molecule has 4 aromatic rings. The molecule has 3 aliphatic rings. The van der Waals surface area contributed by atoms with Crippen molar-refractivity contribution in [1.29, 1.82) is 0 Å². The number of hydrogen-bond donors (Lipinski definition) is 2. The van der Waals surface area contributed by atoms with Crippen LogP contribution in [0.5, 0.6) is 0 Å². The Kier molecular flexibility index (Phi) is 6.02. The molecule has 3 aromatic heterocycles. The first-order valence-corrected chi connectivity index (χ1v) is 14.3. The van der Waals surface area contributed by atoms with Gasteiger partial charge in [-0.2, -0.15) is 5.10 Å². The molecule has 2 saturated carbocycles. The summed E-state index contributed by atoms with van der Waals surface area (Å²) >= 11 is 0. The molecule has 9 nitrogen and oxygen atoms in total. The van der Waals surface area contributed by atoms with Gasteiger partial charge >= 0.3 is 0 Å². The molecule has 2 atom stereocenters. The molecule has 7 rings (SSSR count). The predicted molar refractivity (Wildman–Crippen MR) is 153 cm³/mol. The van der Waals surface area contributed by atoms with Crippen LogP contribution in [0.3, 0.4) is 0 Å². The average molecular weight is 536 g/mol. The molecule has 0 bridgehead atoms. The van der Waals surface area contributed by atoms with E-state index in [1.165, 1.54) is 18.4 Å². The number of amides is 2. The average Bonchev–Trinajstić information content (AvgIpc) is 3.90. The van der Waals surface area contributed by atoms with Crippen molar-refractivity contribution in [2.75, 3.05) is 17.6 Å². The van der Waals surface area contributed by atoms with Crippen LogP contribution in [0.1, 0.15) is 78.9 Å². The Labute approximate surface area is 232 Å². The van der Waals surface area contributed by atoms with E-state index in [-0.39, 0.29) is 29.7 Å². The first-order valence-electron chi connectivity index (χ1n) is 14.3. The van der Waals surface area contributed by atoms with E-state index in [1.54, 1.807) is 24.5 Å². The van der Waals surface area contributed by atoms with E-state index in [4.69, 9.17) is 10.8 Å². The second-order valence-electron chi connectivity index (χ2n) is 11.5. The Morgan fingerprint density at radius 3 is 2.42 bits per heavy atom. The topological polar surface area (TPSA) is 119 Å². The van der Waals surface area contributed by atoms with Crippen LogP contribution in [0.4, 0.5) is 11.6 Å². The fraction of sp³-hybridized carbons (Fsp3) is 0.387. The number of carbonyl (C=O) groups is 2. The SMILES string of the molecule is CC1CCC(c2nn(-c3ccc(C(=O)Nc4cc(C5CC5)ccn4)cc3)c3c(N)nccc23)CN1C(=O)C1CC1. The van der Waals surface area contributed by atoms with Gasteiger partial charge in [-0.15, -0.1) is 0 Å². The number of piperidine rings is 1. The van der Waals surface area contributed by atoms with Crippen molar-refractivity contribution in [3.63, 3.8) is 0 Å². The Morgan fingerprint density at radius 2 is 1.68 bits per heavy atom. The van der Waals surface area contributed by atoms with Gasteiger partial charge in [0.1, 0.15) is 17.2 Å². The van der Waals surface area contributed by atoms with Crippen LogP contribution in [0.2, 0.25) is 0 Å². The molecule has 3 fully saturated rings. The smallest absolute Gasteiger partial charge is 0.256 e. The predicted octanol–water partition coefficient (Wildman–Crippen LogP) is 5.03. The minimum Gasteiger partial charge on any atom is -0.382 e. The van der Waals surface area contributed by atoms with Gasteiger partial charge in [0.15, 0.2) is 0 Å². The summed E-state index contributed by atoms with van der Waals surface area (Å²) in [5.74, 6) is 1.94. The minimum absolute atomic E-state index is 0.119. The number of anilines is 2. The highest BCUT2D eigenvalue weighted by molar-refractivity contribution is 6.04. The van der Waals surface area contributed by atoms with E-state index in [0.717, 1.165) is 48.0 Å². The van der Waals surface area contributed by atoms with Gasteiger partial charge < -0.3 is 16.0 Å². The summed E-state index contributed by atoms with van der Waals surface area (Å²) in [6, 6.07) is 13.5. The van der Waals surface area contributed by atoms with Crippen LogP contribution in [0, 0.1) is 5.92 Å². The van der Waals surface area contributed by atoms with Gasteiger partial charge in [-0.05, 0) is 99.4 Å². The summed E-state index contributed by atoms with van der Waals surface area (Å²) < 4.78 is 1.82. The number of pyridine rings is 2. The Morgan fingerprint density at radius 1 is 0.925 bits per heavy atom. The molecule has 1 saturated heterocycles. The van der Waals surface area contributed by atoms with E-state index < -0.39 is 0 Å². The number of likely N-dealkylation sites (tertiary alicyclic amines) is 1. The van der Waals surface area contributed by atoms with Crippen molar-refractivity contribution in [3.8, 4) is 5.69 Å². The summed E-state index contributed by atoms with van der Waals surface area (Å²) in [7, 11) is 0. The monoisotopic (exact) mass is 535 g/mol. The third kappa shape index (κ3) is 4.59. The maximum atomic E-state index is 13.0. The molecule has 2 unspecified atom stereocenters. The van der Waals surface area contributed by atoms with Crippen LogP contribution >= 0.6 is 0 Å². The van der Waals surface area contributed by atoms with Crippen molar-refractivity contribution in [2.24, 2.45) is 5.92 Å². The molecule has 1 aromatic carbocycles. The van der Waals surface area contributed by atoms with E-state index in [9.17, 15) is 9.59 Å². The molecule has 4 heterocycles. The number of benzene rings is 1. The highest BCUT2D eigenvalue weighted by Gasteiger charge is 2.39. The van der Waals surface area contributed by atoms with Crippen molar-refractivity contribution < 1.29 is 9.59 Å². The number of aromatic nitrogens is 4. The first-order chi connectivity index (χ1) is 19.5. The van der Waals surface area contributed by atoms with Gasteiger partial charge in [0.25, 0.3) is 5.91 Å². The summed E-state index contributed by atoms with van der Waals surface area (Å²) in [4.78, 5) is 36.7. The number of carbonyl (C=O) groups excluding carboxylic acids is 2. The third-order valence-corrected chi connectivity index (χ3v) is 8.57. The van der Waals surface area contributed by atoms with Crippen LogP contribution < -0.4 is 11.1 Å². The number of nitrogen functional groups attached to an aromatic ring is 1. The third-order valence-electron chi connectivity index (χ3n) is 8.57. The zero-order valence-electron chi connectivity index (χ0n) is 22.6. The van der Waals surface area contributed by atoms with E-state index in [0.29, 0.717) is 29.7 Å². The highest BCUT2D eigenvalue weighted by atomic mass is 16.2. The lowest BCUT2D eigenvalue weighted by molar-refractivity contribution is -0.136. The highest BCUT2D eigenvalue weighted by Crippen LogP contribution is 2.41. The van der Waals surface area contributed by atoms with Gasteiger partial charge in [0, 0.05) is 47.8 Å². The minimum atomic E-state index is -0.212. The molecule has 2 amide bonds. The molecule has 9 heteroatoms. The number of nitrogens with zero attached hydrogens (tertiary/aromatic N) is 5. The standard InChI is InChI=1S/C31H33N7O2/c1-18-2-3-23(17-37(18)31(40)21-6-7-21)27-25-13-15-34-29(32)28(25)38(36-27)24-10-8-20(9-11-24)30(39)35-26-16-22(12-14-33-26)19-4-5-19/h8-16,18-19,21,23H,2-7,17H2,1H3,(H2,32,34)(H,33,35,39). The molecule has 3 N–H and O–H groups in total. The Hall–Kier alpha value is -4.27. The maximum absolute atomic E-state index is 13.0. The van der Waals surface area contributed by atoms with Crippen molar-refractivity contribution in [1.82, 2.24) is 24.6 Å². The van der Waals surface area contributed by atoms with Gasteiger partial charge in [0.2, 0.25) is 5.91 Å². The van der Waals surface area contributed by atoms with Gasteiger partial charge in [-0.25, -0.2) is 14.6 Å². The van der Waals surface area contributed by atoms with Crippen molar-refractivity contribution in [3.05, 3.63) is 71.7 Å². The molecular formula is C31H33N7O2. The Bertz CT molecular complexity index is 1600. The van der Waals surface area contributed by atoms with Crippen molar-refractivity contribution in [2.45, 2.75) is 63.3 Å². The summed E-state index contributed by atoms with van der Waals surface area (Å²) in [6.45, 7) is 2.81. The maximum Gasteiger partial charge on any atom is 0.256 e. The number of nitrogens with two attached hydrogens (primary N) is 1. The first kappa shape index (κ1) is 24.7. The zero-order chi connectivity index (χ0) is 27.4.